The number of benzene rings is 1. The second kappa shape index (κ2) is 5.60. The average molecular weight is 329 g/mol. The zero-order chi connectivity index (χ0) is 17.7. The van der Waals surface area contributed by atoms with Crippen LogP contribution >= 0.6 is 0 Å². The summed E-state index contributed by atoms with van der Waals surface area (Å²) in [5.41, 5.74) is 15.1. The summed E-state index contributed by atoms with van der Waals surface area (Å²) < 4.78 is 5.47. The molecule has 24 heavy (non-hydrogen) atoms. The fraction of sp³-hybridized carbons (Fsp3) is 0.526. The monoisotopic (exact) mass is 329 g/mol. The maximum absolute atomic E-state index is 12.3. The summed E-state index contributed by atoms with van der Waals surface area (Å²) in [4.78, 5) is 15.7. The van der Waals surface area contributed by atoms with Gasteiger partial charge in [0.1, 0.15) is 11.3 Å². The minimum Gasteiger partial charge on any atom is -0.456 e. The Hall–Kier alpha value is -1.85. The van der Waals surface area contributed by atoms with Crippen molar-refractivity contribution in [1.82, 2.24) is 4.98 Å². The van der Waals surface area contributed by atoms with Crippen molar-refractivity contribution in [2.45, 2.75) is 58.2 Å². The van der Waals surface area contributed by atoms with E-state index >= 15 is 0 Å². The number of aryl methyl sites for hydroxylation is 1. The van der Waals surface area contributed by atoms with Gasteiger partial charge in [-0.05, 0) is 69.7 Å². The van der Waals surface area contributed by atoms with Gasteiger partial charge in [0.05, 0.1) is 11.3 Å². The number of rotatable bonds is 2. The molecule has 1 aromatic heterocycles. The Morgan fingerprint density at radius 2 is 2.08 bits per heavy atom. The van der Waals surface area contributed by atoms with E-state index in [2.05, 4.69) is 11.9 Å². The van der Waals surface area contributed by atoms with Crippen molar-refractivity contribution in [3.05, 3.63) is 35.0 Å². The molecule has 0 aliphatic heterocycles. The number of aromatic amines is 1. The summed E-state index contributed by atoms with van der Waals surface area (Å²) in [6, 6.07) is 5.58. The molecular weight excluding hydrogens is 302 g/mol. The number of esters is 1. The van der Waals surface area contributed by atoms with E-state index in [1.807, 2.05) is 32.9 Å². The molecule has 0 radical (unpaired) electrons. The van der Waals surface area contributed by atoms with E-state index in [9.17, 15) is 4.79 Å². The van der Waals surface area contributed by atoms with Crippen molar-refractivity contribution in [2.24, 2.45) is 17.4 Å². The maximum Gasteiger partial charge on any atom is 0.338 e. The number of carbonyl (C=O) groups excluding carboxylic acids is 1. The molecule has 1 aromatic carbocycles. The normalized spacial score (nSPS) is 20.0. The van der Waals surface area contributed by atoms with E-state index in [-0.39, 0.29) is 11.9 Å². The molecule has 0 spiro atoms. The molecule has 0 saturated carbocycles. The van der Waals surface area contributed by atoms with Crippen molar-refractivity contribution in [3.8, 4) is 0 Å². The average Bonchev–Trinajstić information content (AvgIpc) is 2.85. The molecule has 2 aromatic rings. The van der Waals surface area contributed by atoms with E-state index in [0.717, 1.165) is 41.4 Å². The lowest BCUT2D eigenvalue weighted by molar-refractivity contribution is 0.00697. The van der Waals surface area contributed by atoms with E-state index in [4.69, 9.17) is 16.2 Å². The van der Waals surface area contributed by atoms with E-state index in [1.165, 1.54) is 0 Å². The highest BCUT2D eigenvalue weighted by molar-refractivity contribution is 5.96. The third-order valence-corrected chi connectivity index (χ3v) is 4.88. The quantitative estimate of drug-likeness (QED) is 0.582. The Labute approximate surface area is 142 Å². The highest BCUT2D eigenvalue weighted by Gasteiger charge is 2.39. The second-order valence-electron chi connectivity index (χ2n) is 7.82. The Kier molecular flexibility index (Phi) is 3.97. The maximum atomic E-state index is 12.3. The van der Waals surface area contributed by atoms with Gasteiger partial charge in [-0.25, -0.2) is 4.79 Å². The first-order valence-corrected chi connectivity index (χ1v) is 8.59. The van der Waals surface area contributed by atoms with E-state index in [1.54, 1.807) is 6.07 Å². The van der Waals surface area contributed by atoms with Crippen LogP contribution in [0.5, 0.6) is 0 Å². The number of aromatic nitrogens is 1. The number of H-pyrrole nitrogens is 1. The number of nitrogens with two attached hydrogens (primary N) is 2. The van der Waals surface area contributed by atoms with Gasteiger partial charge in [0.25, 0.3) is 0 Å². The summed E-state index contributed by atoms with van der Waals surface area (Å²) in [7, 11) is 0. The second-order valence-corrected chi connectivity index (χ2v) is 7.82. The molecule has 1 aliphatic rings. The van der Waals surface area contributed by atoms with Crippen LogP contribution in [0.15, 0.2) is 18.2 Å². The minimum absolute atomic E-state index is 0.253. The van der Waals surface area contributed by atoms with Crippen LogP contribution in [0.1, 0.15) is 62.2 Å². The molecular formula is C19H27N3O2. The van der Waals surface area contributed by atoms with Crippen LogP contribution in [0.4, 0.5) is 0 Å². The summed E-state index contributed by atoms with van der Waals surface area (Å²) in [6.45, 7) is 7.71. The number of nitrogens with one attached hydrogen (secondary N) is 1. The SMILES string of the molecule is CCC1CCc2c([nH]c3ccc(C(=O)OC(C)(C)C)cc23)C1(N)N. The van der Waals surface area contributed by atoms with Gasteiger partial charge in [-0.15, -0.1) is 0 Å². The van der Waals surface area contributed by atoms with Crippen LogP contribution in [0, 0.1) is 5.92 Å². The van der Waals surface area contributed by atoms with Crippen LogP contribution < -0.4 is 11.5 Å². The van der Waals surface area contributed by atoms with E-state index in [0.29, 0.717) is 5.56 Å². The third-order valence-electron chi connectivity index (χ3n) is 4.88. The lowest BCUT2D eigenvalue weighted by Gasteiger charge is -2.37. The summed E-state index contributed by atoms with van der Waals surface area (Å²) in [5, 5.41) is 1.02. The Morgan fingerprint density at radius 1 is 1.38 bits per heavy atom. The van der Waals surface area contributed by atoms with Crippen LogP contribution in [0.2, 0.25) is 0 Å². The van der Waals surface area contributed by atoms with Crippen molar-refractivity contribution >= 4 is 16.9 Å². The van der Waals surface area contributed by atoms with Crippen molar-refractivity contribution in [3.63, 3.8) is 0 Å². The third kappa shape index (κ3) is 2.82. The Bertz CT molecular complexity index is 784. The highest BCUT2D eigenvalue weighted by atomic mass is 16.6. The van der Waals surface area contributed by atoms with Crippen molar-refractivity contribution in [1.29, 1.82) is 0 Å². The van der Waals surface area contributed by atoms with Gasteiger partial charge < -0.3 is 21.2 Å². The van der Waals surface area contributed by atoms with Gasteiger partial charge in [0.2, 0.25) is 0 Å². The molecule has 5 N–H and O–H groups in total. The fourth-order valence-corrected chi connectivity index (χ4v) is 3.64. The minimum atomic E-state index is -0.854. The van der Waals surface area contributed by atoms with E-state index < -0.39 is 11.3 Å². The first-order chi connectivity index (χ1) is 11.1. The van der Waals surface area contributed by atoms with Gasteiger partial charge in [0.15, 0.2) is 0 Å². The first-order valence-electron chi connectivity index (χ1n) is 8.59. The van der Waals surface area contributed by atoms with Crippen LogP contribution in [0.3, 0.4) is 0 Å². The molecule has 1 heterocycles. The predicted octanol–water partition coefficient (Wildman–Crippen LogP) is 3.17. The van der Waals surface area contributed by atoms with Gasteiger partial charge in [-0.1, -0.05) is 6.92 Å². The molecule has 5 nitrogen and oxygen atoms in total. The number of hydrogen-bond acceptors (Lipinski definition) is 4. The van der Waals surface area contributed by atoms with Gasteiger partial charge in [0, 0.05) is 10.9 Å². The lowest BCUT2D eigenvalue weighted by Crippen LogP contribution is -2.54. The summed E-state index contributed by atoms with van der Waals surface area (Å²) in [5.74, 6) is -0.0586. The summed E-state index contributed by atoms with van der Waals surface area (Å²) >= 11 is 0. The van der Waals surface area contributed by atoms with Gasteiger partial charge in [-0.3, -0.25) is 0 Å². The standard InChI is InChI=1S/C19H27N3O2/c1-5-12-7-8-13-14-10-11(17(23)24-18(2,3)4)6-9-15(14)22-16(13)19(12,20)21/h6,9-10,12,22H,5,7-8,20-21H2,1-4H3. The zero-order valence-electron chi connectivity index (χ0n) is 14.9. The predicted molar refractivity (Wildman–Crippen MR) is 95.6 cm³/mol. The van der Waals surface area contributed by atoms with Crippen LogP contribution in [-0.4, -0.2) is 16.6 Å². The van der Waals surface area contributed by atoms with Gasteiger partial charge >= 0.3 is 5.97 Å². The number of carbonyl (C=O) groups is 1. The first kappa shape index (κ1) is 17.0. The largest absolute Gasteiger partial charge is 0.456 e. The lowest BCUT2D eigenvalue weighted by atomic mass is 9.77. The number of hydrogen-bond donors (Lipinski definition) is 3. The highest BCUT2D eigenvalue weighted by Crippen LogP contribution is 2.39. The Morgan fingerprint density at radius 3 is 2.71 bits per heavy atom. The molecule has 0 bridgehead atoms. The van der Waals surface area contributed by atoms with Crippen molar-refractivity contribution in [2.75, 3.05) is 0 Å². The summed E-state index contributed by atoms with van der Waals surface area (Å²) in [6.07, 6.45) is 2.83. The number of fused-ring (bicyclic) bond motifs is 3. The molecule has 5 heteroatoms. The molecule has 1 aliphatic carbocycles. The molecule has 130 valence electrons. The zero-order valence-corrected chi connectivity index (χ0v) is 14.9. The molecule has 1 atom stereocenters. The van der Waals surface area contributed by atoms with Crippen molar-refractivity contribution < 1.29 is 9.53 Å². The fourth-order valence-electron chi connectivity index (χ4n) is 3.64. The molecule has 1 unspecified atom stereocenters. The molecule has 0 fully saturated rings. The molecule has 0 saturated heterocycles. The van der Waals surface area contributed by atoms with Crippen LogP contribution in [-0.2, 0) is 16.8 Å². The smallest absolute Gasteiger partial charge is 0.338 e. The number of ether oxygens (including phenoxy) is 1. The van der Waals surface area contributed by atoms with Crippen LogP contribution in [0.25, 0.3) is 10.9 Å². The van der Waals surface area contributed by atoms with Gasteiger partial charge in [-0.2, -0.15) is 0 Å². The topological polar surface area (TPSA) is 94.1 Å². The molecule has 3 rings (SSSR count). The Balaban J connectivity index is 2.05. The molecule has 0 amide bonds.